The second-order valence-corrected chi connectivity index (χ2v) is 5.96. The van der Waals surface area contributed by atoms with Crippen molar-refractivity contribution < 1.29 is 9.90 Å². The maximum atomic E-state index is 12.2. The van der Waals surface area contributed by atoms with Gasteiger partial charge in [-0.15, -0.1) is 0 Å². The minimum atomic E-state index is -0.128. The lowest BCUT2D eigenvalue weighted by Crippen LogP contribution is -2.37. The van der Waals surface area contributed by atoms with Crippen molar-refractivity contribution in [2.24, 2.45) is 11.3 Å². The van der Waals surface area contributed by atoms with Crippen molar-refractivity contribution in [3.8, 4) is 0 Å². The Balaban J connectivity index is 1.98. The Bertz CT molecular complexity index is 455. The topological polar surface area (TPSA) is 69.2 Å². The average Bonchev–Trinajstić information content (AvgIpc) is 2.96. The highest BCUT2D eigenvalue weighted by atomic mass is 16.3. The predicted molar refractivity (Wildman–Crippen MR) is 72.6 cm³/mol. The van der Waals surface area contributed by atoms with Crippen LogP contribution in [0.4, 0.5) is 0 Å². The van der Waals surface area contributed by atoms with E-state index in [9.17, 15) is 9.90 Å². The smallest absolute Gasteiger partial charge is 0.228 e. The van der Waals surface area contributed by atoms with Crippen LogP contribution in [0.3, 0.4) is 0 Å². The first-order chi connectivity index (χ1) is 8.97. The van der Waals surface area contributed by atoms with E-state index < -0.39 is 0 Å². The summed E-state index contributed by atoms with van der Waals surface area (Å²) in [5.41, 5.74) is 1.63. The molecule has 2 rings (SSSR count). The molecule has 0 aliphatic carbocycles. The molecule has 19 heavy (non-hydrogen) atoms. The number of hydrogen-bond donors (Lipinski definition) is 2. The van der Waals surface area contributed by atoms with Crippen LogP contribution in [0, 0.1) is 18.3 Å². The second-order valence-electron chi connectivity index (χ2n) is 5.96. The minimum Gasteiger partial charge on any atom is -0.396 e. The third-order valence-electron chi connectivity index (χ3n) is 4.37. The number of aliphatic hydroxyl groups is 1. The van der Waals surface area contributed by atoms with Gasteiger partial charge in [-0.1, -0.05) is 13.8 Å². The van der Waals surface area contributed by atoms with Gasteiger partial charge in [-0.05, 0) is 25.3 Å². The molecule has 5 heteroatoms. The molecule has 1 aromatic rings. The van der Waals surface area contributed by atoms with Crippen LogP contribution in [0.15, 0.2) is 6.07 Å². The Morgan fingerprint density at radius 1 is 1.63 bits per heavy atom. The van der Waals surface area contributed by atoms with Crippen molar-refractivity contribution in [2.75, 3.05) is 19.7 Å². The molecule has 1 aromatic heterocycles. The summed E-state index contributed by atoms with van der Waals surface area (Å²) in [7, 11) is 0. The molecular formula is C14H23N3O2. The Morgan fingerprint density at radius 3 is 2.84 bits per heavy atom. The summed E-state index contributed by atoms with van der Waals surface area (Å²) >= 11 is 0. The van der Waals surface area contributed by atoms with E-state index in [1.165, 1.54) is 0 Å². The van der Waals surface area contributed by atoms with Crippen LogP contribution in [0.25, 0.3) is 0 Å². The highest BCUT2D eigenvalue weighted by molar-refractivity contribution is 5.78. The molecule has 1 atom stereocenters. The van der Waals surface area contributed by atoms with Gasteiger partial charge >= 0.3 is 0 Å². The van der Waals surface area contributed by atoms with E-state index >= 15 is 0 Å². The Labute approximate surface area is 114 Å². The van der Waals surface area contributed by atoms with Gasteiger partial charge < -0.3 is 10.0 Å². The molecule has 1 saturated heterocycles. The van der Waals surface area contributed by atoms with Crippen LogP contribution < -0.4 is 0 Å². The highest BCUT2D eigenvalue weighted by Gasteiger charge is 2.41. The molecule has 1 amide bonds. The monoisotopic (exact) mass is 265 g/mol. The average molecular weight is 265 g/mol. The molecule has 0 bridgehead atoms. The summed E-state index contributed by atoms with van der Waals surface area (Å²) in [6, 6.07) is 1.90. The number of aromatic amines is 1. The molecule has 2 N–H and O–H groups in total. The molecule has 0 radical (unpaired) electrons. The van der Waals surface area contributed by atoms with Crippen LogP contribution >= 0.6 is 0 Å². The van der Waals surface area contributed by atoms with Crippen molar-refractivity contribution in [3.05, 3.63) is 17.5 Å². The van der Waals surface area contributed by atoms with Crippen LogP contribution in [-0.4, -0.2) is 45.8 Å². The molecule has 0 spiro atoms. The molecule has 2 heterocycles. The van der Waals surface area contributed by atoms with Gasteiger partial charge in [0.15, 0.2) is 0 Å². The van der Waals surface area contributed by atoms with E-state index in [2.05, 4.69) is 24.0 Å². The highest BCUT2D eigenvalue weighted by Crippen LogP contribution is 2.37. The summed E-state index contributed by atoms with van der Waals surface area (Å²) in [6.07, 6.45) is 1.22. The zero-order valence-corrected chi connectivity index (χ0v) is 11.9. The van der Waals surface area contributed by atoms with Crippen molar-refractivity contribution >= 4 is 5.91 Å². The summed E-state index contributed by atoms with van der Waals surface area (Å²) in [5.74, 6) is 0.477. The number of rotatable bonds is 4. The Hall–Kier alpha value is -1.36. The lowest BCUT2D eigenvalue weighted by atomic mass is 9.77. The zero-order chi connectivity index (χ0) is 14.0. The number of aliphatic hydroxyl groups excluding tert-OH is 1. The van der Waals surface area contributed by atoms with Crippen LogP contribution in [0.5, 0.6) is 0 Å². The number of aromatic nitrogens is 2. The summed E-state index contributed by atoms with van der Waals surface area (Å²) in [6.45, 7) is 7.69. The van der Waals surface area contributed by atoms with Crippen molar-refractivity contribution in [1.82, 2.24) is 15.1 Å². The summed E-state index contributed by atoms with van der Waals surface area (Å²) in [5, 5.41) is 16.6. The number of likely N-dealkylation sites (tertiary alicyclic amines) is 1. The standard InChI is InChI=1S/C14H23N3O2/c1-10(2)14(9-18)4-5-17(8-14)13(19)7-12-6-11(3)15-16-12/h6,10,18H,4-5,7-9H2,1-3H3,(H,15,16). The lowest BCUT2D eigenvalue weighted by Gasteiger charge is -2.31. The van der Waals surface area contributed by atoms with Crippen molar-refractivity contribution in [3.63, 3.8) is 0 Å². The number of hydrogen-bond acceptors (Lipinski definition) is 3. The molecule has 0 aromatic carbocycles. The first-order valence-corrected chi connectivity index (χ1v) is 6.86. The largest absolute Gasteiger partial charge is 0.396 e. The fourth-order valence-corrected chi connectivity index (χ4v) is 2.72. The fraction of sp³-hybridized carbons (Fsp3) is 0.714. The third kappa shape index (κ3) is 2.81. The van der Waals surface area contributed by atoms with E-state index in [1.807, 2.05) is 17.9 Å². The zero-order valence-electron chi connectivity index (χ0n) is 11.9. The normalized spacial score (nSPS) is 23.3. The predicted octanol–water partition coefficient (Wildman–Crippen LogP) is 1.13. The van der Waals surface area contributed by atoms with Crippen molar-refractivity contribution in [2.45, 2.75) is 33.6 Å². The van der Waals surface area contributed by atoms with Gasteiger partial charge in [0.05, 0.1) is 18.7 Å². The van der Waals surface area contributed by atoms with Crippen LogP contribution in [0.1, 0.15) is 31.7 Å². The van der Waals surface area contributed by atoms with Crippen molar-refractivity contribution in [1.29, 1.82) is 0 Å². The number of H-pyrrole nitrogens is 1. The van der Waals surface area contributed by atoms with Gasteiger partial charge in [-0.2, -0.15) is 5.10 Å². The van der Waals surface area contributed by atoms with E-state index in [1.54, 1.807) is 0 Å². The lowest BCUT2D eigenvalue weighted by molar-refractivity contribution is -0.130. The summed E-state index contributed by atoms with van der Waals surface area (Å²) in [4.78, 5) is 14.1. The van der Waals surface area contributed by atoms with Gasteiger partial charge in [-0.3, -0.25) is 9.89 Å². The SMILES string of the molecule is Cc1cc(CC(=O)N2CCC(CO)(C(C)C)C2)n[nH]1. The summed E-state index contributed by atoms with van der Waals surface area (Å²) < 4.78 is 0. The quantitative estimate of drug-likeness (QED) is 0.857. The minimum absolute atomic E-state index is 0.0995. The van der Waals surface area contributed by atoms with Crippen LogP contribution in [-0.2, 0) is 11.2 Å². The fourth-order valence-electron chi connectivity index (χ4n) is 2.72. The first kappa shape index (κ1) is 14.1. The molecule has 5 nitrogen and oxygen atoms in total. The van der Waals surface area contributed by atoms with E-state index in [-0.39, 0.29) is 17.9 Å². The number of nitrogens with zero attached hydrogens (tertiary/aromatic N) is 2. The van der Waals surface area contributed by atoms with Gasteiger partial charge in [-0.25, -0.2) is 0 Å². The number of carbonyl (C=O) groups is 1. The second kappa shape index (κ2) is 5.33. The molecular weight excluding hydrogens is 242 g/mol. The van der Waals surface area contributed by atoms with E-state index in [4.69, 9.17) is 0 Å². The maximum Gasteiger partial charge on any atom is 0.228 e. The molecule has 1 aliphatic heterocycles. The van der Waals surface area contributed by atoms with Gasteiger partial charge in [0.25, 0.3) is 0 Å². The maximum absolute atomic E-state index is 12.2. The molecule has 0 saturated carbocycles. The molecule has 106 valence electrons. The molecule has 1 fully saturated rings. The number of nitrogens with one attached hydrogen (secondary N) is 1. The molecule has 1 unspecified atom stereocenters. The van der Waals surface area contributed by atoms with Crippen LogP contribution in [0.2, 0.25) is 0 Å². The van der Waals surface area contributed by atoms with E-state index in [0.29, 0.717) is 18.9 Å². The van der Waals surface area contributed by atoms with Gasteiger partial charge in [0, 0.05) is 24.2 Å². The Morgan fingerprint density at radius 2 is 2.37 bits per heavy atom. The van der Waals surface area contributed by atoms with Gasteiger partial charge in [0.2, 0.25) is 5.91 Å². The van der Waals surface area contributed by atoms with E-state index in [0.717, 1.165) is 24.4 Å². The molecule has 1 aliphatic rings. The first-order valence-electron chi connectivity index (χ1n) is 6.86. The Kier molecular flexibility index (Phi) is 3.94. The third-order valence-corrected chi connectivity index (χ3v) is 4.37. The van der Waals surface area contributed by atoms with Gasteiger partial charge in [0.1, 0.15) is 0 Å². The number of amides is 1. The number of carbonyl (C=O) groups excluding carboxylic acids is 1. The number of aryl methyl sites for hydroxylation is 1.